The van der Waals surface area contributed by atoms with Crippen molar-refractivity contribution in [3.63, 3.8) is 0 Å². The lowest BCUT2D eigenvalue weighted by Crippen LogP contribution is -2.49. The zero-order valence-electron chi connectivity index (χ0n) is 16.1. The molecule has 0 radical (unpaired) electrons. The molecule has 8 nitrogen and oxygen atoms in total. The lowest BCUT2D eigenvalue weighted by Gasteiger charge is -2.34. The van der Waals surface area contributed by atoms with Crippen LogP contribution in [0.2, 0.25) is 0 Å². The van der Waals surface area contributed by atoms with Crippen LogP contribution < -0.4 is 9.47 Å². The van der Waals surface area contributed by atoms with Gasteiger partial charge in [-0.25, -0.2) is 0 Å². The monoisotopic (exact) mass is 397 g/mol. The highest BCUT2D eigenvalue weighted by molar-refractivity contribution is 5.78. The molecule has 0 N–H and O–H groups in total. The van der Waals surface area contributed by atoms with Gasteiger partial charge < -0.3 is 14.4 Å². The first kappa shape index (κ1) is 19.2. The third-order valence-electron chi connectivity index (χ3n) is 5.30. The third-order valence-corrected chi connectivity index (χ3v) is 5.30. The van der Waals surface area contributed by atoms with Gasteiger partial charge >= 0.3 is 5.69 Å². The maximum absolute atomic E-state index is 12.4. The number of benzene rings is 2. The van der Waals surface area contributed by atoms with Gasteiger partial charge in [-0.1, -0.05) is 24.3 Å². The van der Waals surface area contributed by atoms with Crippen molar-refractivity contribution >= 4 is 11.6 Å². The Balaban J connectivity index is 1.26. The second-order valence-electron chi connectivity index (χ2n) is 7.21. The van der Waals surface area contributed by atoms with Gasteiger partial charge in [0.2, 0.25) is 0 Å². The molecule has 4 rings (SSSR count). The third kappa shape index (κ3) is 4.48. The molecule has 0 unspecified atom stereocenters. The largest absolute Gasteiger partial charge is 0.493 e. The summed E-state index contributed by atoms with van der Waals surface area (Å²) in [5.74, 6) is 0.949. The van der Waals surface area contributed by atoms with E-state index in [0.717, 1.165) is 38.4 Å². The van der Waals surface area contributed by atoms with Crippen LogP contribution in [0.5, 0.6) is 11.5 Å². The number of hydrogen-bond acceptors (Lipinski definition) is 6. The first-order chi connectivity index (χ1) is 14.1. The van der Waals surface area contributed by atoms with E-state index in [0.29, 0.717) is 13.1 Å². The molecule has 1 saturated heterocycles. The van der Waals surface area contributed by atoms with E-state index in [-0.39, 0.29) is 24.0 Å². The Morgan fingerprint density at radius 3 is 2.72 bits per heavy atom. The molecule has 0 spiro atoms. The fraction of sp³-hybridized carbons (Fsp3) is 0.381. The standard InChI is InChI=1S/C21H23N3O5/c25-21(15-29-20-4-2-1-3-18(20)24(26)27)23-10-8-22(9-11-23)14-16-5-6-19-17(13-16)7-12-28-19/h1-6,13H,7-12,14-15H2. The Morgan fingerprint density at radius 1 is 1.14 bits per heavy atom. The van der Waals surface area contributed by atoms with Crippen LogP contribution in [0.3, 0.4) is 0 Å². The Hall–Kier alpha value is -3.13. The van der Waals surface area contributed by atoms with Crippen molar-refractivity contribution < 1.29 is 19.2 Å². The fourth-order valence-electron chi connectivity index (χ4n) is 3.71. The van der Waals surface area contributed by atoms with Gasteiger partial charge in [-0.05, 0) is 23.3 Å². The van der Waals surface area contributed by atoms with Gasteiger partial charge in [-0.15, -0.1) is 0 Å². The molecule has 0 aromatic heterocycles. The minimum atomic E-state index is -0.510. The minimum absolute atomic E-state index is 0.116. The number of para-hydroxylation sites is 2. The molecule has 152 valence electrons. The zero-order chi connectivity index (χ0) is 20.2. The maximum Gasteiger partial charge on any atom is 0.310 e. The van der Waals surface area contributed by atoms with Gasteiger partial charge in [0.05, 0.1) is 11.5 Å². The first-order valence-electron chi connectivity index (χ1n) is 9.71. The number of carbonyl (C=O) groups excluding carboxylic acids is 1. The van der Waals surface area contributed by atoms with Gasteiger partial charge in [-0.2, -0.15) is 0 Å². The molecular formula is C21H23N3O5. The van der Waals surface area contributed by atoms with Crippen LogP contribution in [-0.2, 0) is 17.8 Å². The van der Waals surface area contributed by atoms with Crippen molar-refractivity contribution in [2.24, 2.45) is 0 Å². The number of nitrogens with zero attached hydrogens (tertiary/aromatic N) is 3. The Kier molecular flexibility index (Phi) is 5.62. The van der Waals surface area contributed by atoms with Crippen LogP contribution in [0.25, 0.3) is 0 Å². The van der Waals surface area contributed by atoms with E-state index in [1.54, 1.807) is 17.0 Å². The molecule has 0 saturated carbocycles. The van der Waals surface area contributed by atoms with E-state index < -0.39 is 4.92 Å². The molecule has 2 aliphatic rings. The van der Waals surface area contributed by atoms with E-state index in [4.69, 9.17) is 9.47 Å². The predicted molar refractivity (Wildman–Crippen MR) is 106 cm³/mol. The summed E-state index contributed by atoms with van der Waals surface area (Å²) in [6, 6.07) is 12.4. The summed E-state index contributed by atoms with van der Waals surface area (Å²) < 4.78 is 11.0. The number of hydrogen-bond donors (Lipinski definition) is 0. The molecule has 1 fully saturated rings. The highest BCUT2D eigenvalue weighted by Crippen LogP contribution is 2.27. The number of nitro groups is 1. The van der Waals surface area contributed by atoms with E-state index >= 15 is 0 Å². The van der Waals surface area contributed by atoms with Crippen LogP contribution in [-0.4, -0.2) is 60.0 Å². The van der Waals surface area contributed by atoms with E-state index in [1.807, 2.05) is 6.07 Å². The normalized spacial score (nSPS) is 16.2. The molecule has 8 heteroatoms. The molecule has 0 aliphatic carbocycles. The molecule has 29 heavy (non-hydrogen) atoms. The quantitative estimate of drug-likeness (QED) is 0.549. The molecule has 2 aromatic rings. The van der Waals surface area contributed by atoms with Crippen molar-refractivity contribution in [1.29, 1.82) is 0 Å². The number of carbonyl (C=O) groups is 1. The Morgan fingerprint density at radius 2 is 1.93 bits per heavy atom. The summed E-state index contributed by atoms with van der Waals surface area (Å²) in [6.45, 7) is 4.21. The molecule has 2 aliphatic heterocycles. The molecule has 2 aromatic carbocycles. The summed E-state index contributed by atoms with van der Waals surface area (Å²) in [5, 5.41) is 11.0. The lowest BCUT2D eigenvalue weighted by molar-refractivity contribution is -0.385. The topological polar surface area (TPSA) is 85.1 Å². The lowest BCUT2D eigenvalue weighted by atomic mass is 10.1. The number of amides is 1. The van der Waals surface area contributed by atoms with Gasteiger partial charge in [-0.3, -0.25) is 19.8 Å². The van der Waals surface area contributed by atoms with Crippen molar-refractivity contribution in [3.05, 3.63) is 63.7 Å². The molecular weight excluding hydrogens is 374 g/mol. The Bertz CT molecular complexity index is 909. The van der Waals surface area contributed by atoms with Crippen molar-refractivity contribution in [2.75, 3.05) is 39.4 Å². The second kappa shape index (κ2) is 8.48. The zero-order valence-corrected chi connectivity index (χ0v) is 16.1. The first-order valence-corrected chi connectivity index (χ1v) is 9.71. The maximum atomic E-state index is 12.4. The molecule has 1 amide bonds. The molecule has 2 heterocycles. The predicted octanol–water partition coefficient (Wildman–Crippen LogP) is 2.25. The molecule has 0 atom stereocenters. The summed E-state index contributed by atoms with van der Waals surface area (Å²) in [7, 11) is 0. The number of rotatable bonds is 6. The Labute approximate surface area is 168 Å². The van der Waals surface area contributed by atoms with Gasteiger partial charge in [0.25, 0.3) is 5.91 Å². The summed E-state index contributed by atoms with van der Waals surface area (Å²) in [6.07, 6.45) is 0.963. The van der Waals surface area contributed by atoms with Crippen molar-refractivity contribution in [3.8, 4) is 11.5 Å². The van der Waals surface area contributed by atoms with Crippen molar-refractivity contribution in [1.82, 2.24) is 9.80 Å². The van der Waals surface area contributed by atoms with Gasteiger partial charge in [0, 0.05) is 45.2 Å². The summed E-state index contributed by atoms with van der Waals surface area (Å²) in [5.41, 5.74) is 2.39. The second-order valence-corrected chi connectivity index (χ2v) is 7.21. The summed E-state index contributed by atoms with van der Waals surface area (Å²) >= 11 is 0. The van der Waals surface area contributed by atoms with Gasteiger partial charge in [0.15, 0.2) is 12.4 Å². The minimum Gasteiger partial charge on any atom is -0.493 e. The molecule has 0 bridgehead atoms. The van der Waals surface area contributed by atoms with E-state index in [9.17, 15) is 14.9 Å². The van der Waals surface area contributed by atoms with Crippen LogP contribution in [0, 0.1) is 10.1 Å². The van der Waals surface area contributed by atoms with Crippen LogP contribution in [0.1, 0.15) is 11.1 Å². The number of ether oxygens (including phenoxy) is 2. The average Bonchev–Trinajstić information content (AvgIpc) is 3.20. The van der Waals surface area contributed by atoms with Crippen LogP contribution >= 0.6 is 0 Å². The number of fused-ring (bicyclic) bond motifs is 1. The van der Waals surface area contributed by atoms with Crippen LogP contribution in [0.4, 0.5) is 5.69 Å². The SMILES string of the molecule is O=C(COc1ccccc1[N+](=O)[O-])N1CCN(Cc2ccc3c(c2)CCO3)CC1. The van der Waals surface area contributed by atoms with Crippen LogP contribution in [0.15, 0.2) is 42.5 Å². The van der Waals surface area contributed by atoms with Crippen molar-refractivity contribution in [2.45, 2.75) is 13.0 Å². The summed E-state index contributed by atoms with van der Waals surface area (Å²) in [4.78, 5) is 27.0. The van der Waals surface area contributed by atoms with E-state index in [1.165, 1.54) is 23.3 Å². The fourth-order valence-corrected chi connectivity index (χ4v) is 3.71. The number of piperazine rings is 1. The highest BCUT2D eigenvalue weighted by Gasteiger charge is 2.23. The van der Waals surface area contributed by atoms with E-state index in [2.05, 4.69) is 17.0 Å². The smallest absolute Gasteiger partial charge is 0.310 e. The average molecular weight is 397 g/mol. The van der Waals surface area contributed by atoms with Gasteiger partial charge in [0.1, 0.15) is 5.75 Å². The number of nitro benzene ring substituents is 1. The highest BCUT2D eigenvalue weighted by atomic mass is 16.6.